The largest absolute Gasteiger partial charge is 1.00 e. The third-order valence-corrected chi connectivity index (χ3v) is 8.47. The Bertz CT molecular complexity index is 801. The Hall–Kier alpha value is -1.59. The molecule has 0 radical (unpaired) electrons. The number of carbonyl (C=O) groups excluding carboxylic acids is 2. The summed E-state index contributed by atoms with van der Waals surface area (Å²) in [6, 6.07) is 8.67. The lowest BCUT2D eigenvalue weighted by molar-refractivity contribution is -0.129. The Morgan fingerprint density at radius 2 is 1.35 bits per heavy atom. The lowest BCUT2D eigenvalue weighted by Crippen LogP contribution is -3.00. The number of nitrogens with one attached hydrogen (secondary N) is 1. The van der Waals surface area contributed by atoms with Crippen LogP contribution in [0.2, 0.25) is 0 Å². The number of aryl methyl sites for hydroxylation is 1. The highest BCUT2D eigenvalue weighted by molar-refractivity contribution is 5.78. The predicted molar refractivity (Wildman–Crippen MR) is 167 cm³/mol. The molecule has 1 atom stereocenters. The van der Waals surface area contributed by atoms with Gasteiger partial charge in [-0.05, 0) is 31.9 Å². The van der Waals surface area contributed by atoms with Gasteiger partial charge in [-0.15, -0.1) is 0 Å². The molecule has 1 aliphatic heterocycles. The van der Waals surface area contributed by atoms with Gasteiger partial charge in [0.2, 0.25) is 11.8 Å². The number of halogens is 1. The van der Waals surface area contributed by atoms with Gasteiger partial charge in [-0.1, -0.05) is 115 Å². The molecule has 2 amide bonds. The van der Waals surface area contributed by atoms with Gasteiger partial charge in [0.15, 0.2) is 6.67 Å². The molecular formula is C34H60ClN3O2. The highest BCUT2D eigenvalue weighted by Crippen LogP contribution is 2.24. The normalized spacial score (nSPS) is 14.7. The Kier molecular flexibility index (Phi) is 20.1. The van der Waals surface area contributed by atoms with Crippen LogP contribution in [0, 0.1) is 6.92 Å². The van der Waals surface area contributed by atoms with Crippen LogP contribution in [0.3, 0.4) is 0 Å². The molecule has 2 rings (SSSR count). The molecule has 230 valence electrons. The number of hydrogen-bond acceptors (Lipinski definition) is 2. The van der Waals surface area contributed by atoms with Crippen molar-refractivity contribution >= 4 is 17.5 Å². The van der Waals surface area contributed by atoms with Crippen LogP contribution in [-0.4, -0.2) is 50.1 Å². The fourth-order valence-electron chi connectivity index (χ4n) is 5.82. The minimum Gasteiger partial charge on any atom is -1.00 e. The van der Waals surface area contributed by atoms with Gasteiger partial charge in [0, 0.05) is 32.4 Å². The summed E-state index contributed by atoms with van der Waals surface area (Å²) < 4.78 is 0.695. The Balaban J connectivity index is 0.00000800. The van der Waals surface area contributed by atoms with E-state index in [0.29, 0.717) is 30.5 Å². The van der Waals surface area contributed by atoms with Crippen molar-refractivity contribution in [3.63, 3.8) is 0 Å². The van der Waals surface area contributed by atoms with E-state index in [1.807, 2.05) is 4.90 Å². The maximum Gasteiger partial charge on any atom is 0.226 e. The van der Waals surface area contributed by atoms with E-state index in [-0.39, 0.29) is 24.2 Å². The summed E-state index contributed by atoms with van der Waals surface area (Å²) >= 11 is 0. The van der Waals surface area contributed by atoms with Gasteiger partial charge in [0.25, 0.3) is 0 Å². The predicted octanol–water partition coefficient (Wildman–Crippen LogP) is 5.28. The van der Waals surface area contributed by atoms with E-state index in [0.717, 1.165) is 38.8 Å². The van der Waals surface area contributed by atoms with Gasteiger partial charge in [-0.3, -0.25) is 19.0 Å². The van der Waals surface area contributed by atoms with Crippen molar-refractivity contribution in [2.24, 2.45) is 0 Å². The number of hydrogen-bond donors (Lipinski definition) is 1. The van der Waals surface area contributed by atoms with Crippen molar-refractivity contribution in [2.45, 2.75) is 136 Å². The summed E-state index contributed by atoms with van der Waals surface area (Å²) in [5.41, 5.74) is 2.47. The van der Waals surface area contributed by atoms with Gasteiger partial charge in [-0.25, -0.2) is 0 Å². The van der Waals surface area contributed by atoms with Crippen LogP contribution in [0.4, 0.5) is 5.69 Å². The maximum absolute atomic E-state index is 12.4. The standard InChI is InChI=1S/C34H59N3O2.ClH/c1-4-5-6-7-8-9-10-11-12-13-14-15-16-17-18-21-33(38)35-27-20-29-37(3,30-36-28-19-22-34(36)39)32-25-23-31(2)24-26-32;/h23-26H,4-22,27-30H2,1-3H3;1H. The van der Waals surface area contributed by atoms with Crippen molar-refractivity contribution in [3.05, 3.63) is 29.8 Å². The molecule has 1 unspecified atom stereocenters. The lowest BCUT2D eigenvalue weighted by Gasteiger charge is -2.37. The molecule has 0 spiro atoms. The summed E-state index contributed by atoms with van der Waals surface area (Å²) in [6.07, 6.45) is 23.3. The summed E-state index contributed by atoms with van der Waals surface area (Å²) in [7, 11) is 2.22. The van der Waals surface area contributed by atoms with E-state index in [1.165, 1.54) is 94.7 Å². The summed E-state index contributed by atoms with van der Waals surface area (Å²) in [4.78, 5) is 26.7. The molecule has 0 bridgehead atoms. The maximum atomic E-state index is 12.4. The summed E-state index contributed by atoms with van der Waals surface area (Å²) in [6.45, 7) is 7.54. The zero-order chi connectivity index (χ0) is 28.2. The second-order valence-corrected chi connectivity index (χ2v) is 12.3. The minimum atomic E-state index is 0. The molecule has 1 N–H and O–H groups in total. The SMILES string of the molecule is CCCCCCCCCCCCCCCCCC(=O)NCCC[N+](C)(CN1CCCC1=O)c1ccc(C)cc1.[Cl-]. The second kappa shape index (κ2) is 22.1. The number of amides is 2. The monoisotopic (exact) mass is 577 g/mol. The molecule has 40 heavy (non-hydrogen) atoms. The average molecular weight is 578 g/mol. The quantitative estimate of drug-likeness (QED) is 0.142. The number of carbonyl (C=O) groups is 2. The molecule has 1 saturated heterocycles. The molecule has 6 heteroatoms. The highest BCUT2D eigenvalue weighted by Gasteiger charge is 2.32. The van der Waals surface area contributed by atoms with Gasteiger partial charge in [-0.2, -0.15) is 0 Å². The van der Waals surface area contributed by atoms with Gasteiger partial charge < -0.3 is 17.7 Å². The molecule has 1 aromatic rings. The number of quaternary nitrogens is 1. The summed E-state index contributed by atoms with van der Waals surface area (Å²) in [5, 5.41) is 3.14. The number of benzene rings is 1. The molecule has 0 saturated carbocycles. The number of nitrogens with zero attached hydrogens (tertiary/aromatic N) is 2. The number of unbranched alkanes of at least 4 members (excludes halogenated alkanes) is 14. The molecular weight excluding hydrogens is 518 g/mol. The topological polar surface area (TPSA) is 49.4 Å². The molecule has 0 aromatic heterocycles. The van der Waals surface area contributed by atoms with Crippen molar-refractivity contribution in [3.8, 4) is 0 Å². The van der Waals surface area contributed by atoms with Crippen LogP contribution in [-0.2, 0) is 9.59 Å². The van der Waals surface area contributed by atoms with E-state index in [2.05, 4.69) is 50.5 Å². The Labute approximate surface area is 252 Å². The Morgan fingerprint density at radius 1 is 0.825 bits per heavy atom. The molecule has 5 nitrogen and oxygen atoms in total. The van der Waals surface area contributed by atoms with E-state index in [1.54, 1.807) is 0 Å². The first-order valence-corrected chi connectivity index (χ1v) is 16.4. The number of likely N-dealkylation sites (tertiary alicyclic amines) is 1. The lowest BCUT2D eigenvalue weighted by atomic mass is 10.0. The van der Waals surface area contributed by atoms with Crippen LogP contribution >= 0.6 is 0 Å². The fourth-order valence-corrected chi connectivity index (χ4v) is 5.82. The van der Waals surface area contributed by atoms with E-state index < -0.39 is 0 Å². The highest BCUT2D eigenvalue weighted by atomic mass is 35.5. The van der Waals surface area contributed by atoms with Gasteiger partial charge in [0.1, 0.15) is 5.69 Å². The third kappa shape index (κ3) is 15.4. The minimum absolute atomic E-state index is 0. The Morgan fingerprint density at radius 3 is 1.85 bits per heavy atom. The van der Waals surface area contributed by atoms with Crippen LogP contribution in [0.1, 0.15) is 134 Å². The molecule has 1 aliphatic rings. The molecule has 0 aliphatic carbocycles. The van der Waals surface area contributed by atoms with Crippen LogP contribution in [0.5, 0.6) is 0 Å². The van der Waals surface area contributed by atoms with E-state index in [4.69, 9.17) is 0 Å². The second-order valence-electron chi connectivity index (χ2n) is 12.3. The van der Waals surface area contributed by atoms with Crippen molar-refractivity contribution in [1.29, 1.82) is 0 Å². The zero-order valence-electron chi connectivity index (χ0n) is 26.2. The smallest absolute Gasteiger partial charge is 0.226 e. The first-order valence-electron chi connectivity index (χ1n) is 16.4. The van der Waals surface area contributed by atoms with Gasteiger partial charge >= 0.3 is 0 Å². The van der Waals surface area contributed by atoms with Gasteiger partial charge in [0.05, 0.1) is 13.6 Å². The first kappa shape index (κ1) is 36.4. The van der Waals surface area contributed by atoms with E-state index in [9.17, 15) is 9.59 Å². The van der Waals surface area contributed by atoms with Crippen LogP contribution < -0.4 is 22.2 Å². The van der Waals surface area contributed by atoms with Crippen molar-refractivity contribution < 1.29 is 22.0 Å². The molecule has 1 fully saturated rings. The first-order chi connectivity index (χ1) is 18.9. The molecule has 1 heterocycles. The van der Waals surface area contributed by atoms with Crippen LogP contribution in [0.15, 0.2) is 24.3 Å². The third-order valence-electron chi connectivity index (χ3n) is 8.47. The zero-order valence-corrected chi connectivity index (χ0v) is 26.9. The van der Waals surface area contributed by atoms with Crippen molar-refractivity contribution in [2.75, 3.05) is 33.4 Å². The van der Waals surface area contributed by atoms with E-state index >= 15 is 0 Å². The van der Waals surface area contributed by atoms with Crippen molar-refractivity contribution in [1.82, 2.24) is 14.7 Å². The summed E-state index contributed by atoms with van der Waals surface area (Å²) in [5.74, 6) is 0.451. The fraction of sp³-hybridized carbons (Fsp3) is 0.765. The number of rotatable bonds is 23. The average Bonchev–Trinajstić information content (AvgIpc) is 3.32. The van der Waals surface area contributed by atoms with Crippen LogP contribution in [0.25, 0.3) is 0 Å². The molecule has 1 aromatic carbocycles.